The predicted octanol–water partition coefficient (Wildman–Crippen LogP) is 2.86. The van der Waals surface area contributed by atoms with Crippen LogP contribution in [0, 0.1) is 6.92 Å². The van der Waals surface area contributed by atoms with Crippen molar-refractivity contribution < 1.29 is 22.7 Å². The Labute approximate surface area is 196 Å². The van der Waals surface area contributed by atoms with Crippen LogP contribution in [-0.2, 0) is 14.8 Å². The van der Waals surface area contributed by atoms with E-state index in [1.165, 1.54) is 23.5 Å². The molecular weight excluding hydrogens is 464 g/mol. The van der Waals surface area contributed by atoms with Crippen molar-refractivity contribution in [2.24, 2.45) is 5.14 Å². The summed E-state index contributed by atoms with van der Waals surface area (Å²) in [5.74, 6) is 0.280. The Kier molecular flexibility index (Phi) is 6.66. The normalized spacial score (nSPS) is 14.2. The number of aromatic nitrogens is 1. The van der Waals surface area contributed by atoms with Crippen LogP contribution in [0.3, 0.4) is 0 Å². The molecule has 0 spiro atoms. The van der Waals surface area contributed by atoms with E-state index in [-0.39, 0.29) is 10.5 Å². The number of rotatable bonds is 6. The van der Waals surface area contributed by atoms with E-state index >= 15 is 0 Å². The number of benzene rings is 2. The number of carbonyl (C=O) groups is 1. The van der Waals surface area contributed by atoms with Crippen LogP contribution in [0.1, 0.15) is 15.2 Å². The van der Waals surface area contributed by atoms with Crippen molar-refractivity contribution in [1.82, 2.24) is 4.98 Å². The Morgan fingerprint density at radius 1 is 1.18 bits per heavy atom. The average molecular weight is 489 g/mol. The lowest BCUT2D eigenvalue weighted by molar-refractivity contribution is 0.102. The molecule has 4 rings (SSSR count). The van der Waals surface area contributed by atoms with E-state index in [1.54, 1.807) is 13.2 Å². The largest absolute Gasteiger partial charge is 0.497 e. The molecule has 0 radical (unpaired) electrons. The number of nitrogens with zero attached hydrogens (tertiary/aromatic N) is 2. The summed E-state index contributed by atoms with van der Waals surface area (Å²) in [6.45, 7) is 4.15. The predicted molar refractivity (Wildman–Crippen MR) is 128 cm³/mol. The topological polar surface area (TPSA) is 124 Å². The molecule has 0 bridgehead atoms. The number of thiazole rings is 1. The number of carbonyl (C=O) groups excluding carboxylic acids is 1. The molecule has 1 saturated heterocycles. The van der Waals surface area contributed by atoms with Crippen molar-refractivity contribution in [2.45, 2.75) is 11.8 Å². The average Bonchev–Trinajstić information content (AvgIpc) is 3.18. The number of morpholine rings is 1. The number of amides is 1. The van der Waals surface area contributed by atoms with Gasteiger partial charge in [-0.1, -0.05) is 0 Å². The van der Waals surface area contributed by atoms with Gasteiger partial charge in [-0.05, 0) is 49.4 Å². The number of nitrogens with one attached hydrogen (secondary N) is 1. The summed E-state index contributed by atoms with van der Waals surface area (Å²) in [6.07, 6.45) is 0. The SMILES string of the molecule is COc1ccc(-c2nc(NC(=O)c3cc(S(N)(=O)=O)ccc3N3CCOCC3)sc2C)cc1. The van der Waals surface area contributed by atoms with Crippen molar-refractivity contribution in [1.29, 1.82) is 0 Å². The molecule has 1 amide bonds. The van der Waals surface area contributed by atoms with Crippen molar-refractivity contribution in [2.75, 3.05) is 43.6 Å². The molecule has 174 valence electrons. The molecule has 1 aromatic heterocycles. The summed E-state index contributed by atoms with van der Waals surface area (Å²) in [5.41, 5.74) is 2.48. The van der Waals surface area contributed by atoms with Gasteiger partial charge in [0.1, 0.15) is 5.75 Å². The lowest BCUT2D eigenvalue weighted by Crippen LogP contribution is -2.37. The van der Waals surface area contributed by atoms with Gasteiger partial charge in [-0.2, -0.15) is 0 Å². The second kappa shape index (κ2) is 9.48. The summed E-state index contributed by atoms with van der Waals surface area (Å²) in [4.78, 5) is 20.6. The Morgan fingerprint density at radius 2 is 1.88 bits per heavy atom. The minimum atomic E-state index is -3.97. The van der Waals surface area contributed by atoms with Crippen LogP contribution in [0.5, 0.6) is 5.75 Å². The zero-order chi connectivity index (χ0) is 23.6. The summed E-state index contributed by atoms with van der Waals surface area (Å²) in [5, 5.41) is 8.54. The van der Waals surface area contributed by atoms with Crippen LogP contribution < -0.4 is 20.1 Å². The zero-order valence-corrected chi connectivity index (χ0v) is 19.8. The van der Waals surface area contributed by atoms with Gasteiger partial charge < -0.3 is 14.4 Å². The molecule has 1 aliphatic heterocycles. The summed E-state index contributed by atoms with van der Waals surface area (Å²) in [6, 6.07) is 11.8. The van der Waals surface area contributed by atoms with Crippen molar-refractivity contribution in [3.05, 3.63) is 52.9 Å². The second-order valence-electron chi connectivity index (χ2n) is 7.43. The Balaban J connectivity index is 1.65. The first-order chi connectivity index (χ1) is 15.8. The van der Waals surface area contributed by atoms with Crippen LogP contribution >= 0.6 is 11.3 Å². The number of primary sulfonamides is 1. The van der Waals surface area contributed by atoms with E-state index in [0.29, 0.717) is 37.1 Å². The first kappa shape index (κ1) is 23.2. The molecule has 3 N–H and O–H groups in total. The second-order valence-corrected chi connectivity index (χ2v) is 10.2. The van der Waals surface area contributed by atoms with Crippen molar-refractivity contribution in [3.8, 4) is 17.0 Å². The van der Waals surface area contributed by atoms with Crippen LogP contribution in [0.2, 0.25) is 0 Å². The standard InChI is InChI=1S/C22H24N4O5S2/c1-14-20(15-3-5-16(30-2)6-4-15)24-22(32-14)25-21(27)18-13-17(33(23,28)29)7-8-19(18)26-9-11-31-12-10-26/h3-8,13H,9-12H2,1-2H3,(H2,23,28,29)(H,24,25,27). The number of nitrogens with two attached hydrogens (primary N) is 1. The lowest BCUT2D eigenvalue weighted by atomic mass is 10.1. The third-order valence-corrected chi connectivity index (χ3v) is 7.07. The van der Waals surface area contributed by atoms with Gasteiger partial charge in [0.25, 0.3) is 5.91 Å². The van der Waals surface area contributed by atoms with Crippen LogP contribution in [-0.4, -0.2) is 52.7 Å². The Hall–Kier alpha value is -2.99. The van der Waals surface area contributed by atoms with Crippen LogP contribution in [0.15, 0.2) is 47.4 Å². The zero-order valence-electron chi connectivity index (χ0n) is 18.2. The maximum atomic E-state index is 13.2. The number of hydrogen-bond acceptors (Lipinski definition) is 8. The molecule has 2 heterocycles. The minimum absolute atomic E-state index is 0.126. The molecular formula is C22H24N4O5S2. The highest BCUT2D eigenvalue weighted by Gasteiger charge is 2.23. The van der Waals surface area contributed by atoms with E-state index in [9.17, 15) is 13.2 Å². The molecule has 1 aliphatic rings. The van der Waals surface area contributed by atoms with Gasteiger partial charge in [0.2, 0.25) is 10.0 Å². The quantitative estimate of drug-likeness (QED) is 0.547. The van der Waals surface area contributed by atoms with Crippen LogP contribution in [0.25, 0.3) is 11.3 Å². The maximum Gasteiger partial charge on any atom is 0.259 e. The Bertz CT molecular complexity index is 1270. The fourth-order valence-corrected chi connectivity index (χ4v) is 4.96. The van der Waals surface area contributed by atoms with Gasteiger partial charge >= 0.3 is 0 Å². The number of ether oxygens (including phenoxy) is 2. The summed E-state index contributed by atoms with van der Waals surface area (Å²) < 4.78 is 34.4. The molecule has 9 nitrogen and oxygen atoms in total. The molecule has 2 aromatic carbocycles. The molecule has 0 unspecified atom stereocenters. The number of methoxy groups -OCH3 is 1. The van der Waals surface area contributed by atoms with Gasteiger partial charge in [-0.25, -0.2) is 18.5 Å². The number of anilines is 2. The molecule has 0 atom stereocenters. The third-order valence-electron chi connectivity index (χ3n) is 5.27. The number of aryl methyl sites for hydroxylation is 1. The monoisotopic (exact) mass is 488 g/mol. The highest BCUT2D eigenvalue weighted by atomic mass is 32.2. The molecule has 33 heavy (non-hydrogen) atoms. The number of sulfonamides is 1. The molecule has 1 fully saturated rings. The third kappa shape index (κ3) is 5.17. The van der Waals surface area contributed by atoms with Crippen molar-refractivity contribution in [3.63, 3.8) is 0 Å². The summed E-state index contributed by atoms with van der Waals surface area (Å²) in [7, 11) is -2.37. The first-order valence-corrected chi connectivity index (χ1v) is 12.6. The molecule has 11 heteroatoms. The van der Waals surface area contributed by atoms with E-state index in [0.717, 1.165) is 21.9 Å². The molecule has 0 aliphatic carbocycles. The fourth-order valence-electron chi connectivity index (χ4n) is 3.59. The van der Waals surface area contributed by atoms with E-state index < -0.39 is 15.9 Å². The lowest BCUT2D eigenvalue weighted by Gasteiger charge is -2.30. The first-order valence-electron chi connectivity index (χ1n) is 10.2. The van der Waals surface area contributed by atoms with Gasteiger partial charge in [-0.15, -0.1) is 11.3 Å². The molecule has 0 saturated carbocycles. The highest BCUT2D eigenvalue weighted by molar-refractivity contribution is 7.89. The van der Waals surface area contributed by atoms with E-state index in [4.69, 9.17) is 14.6 Å². The van der Waals surface area contributed by atoms with E-state index in [1.807, 2.05) is 36.1 Å². The van der Waals surface area contributed by atoms with Gasteiger partial charge in [-0.3, -0.25) is 10.1 Å². The highest BCUT2D eigenvalue weighted by Crippen LogP contribution is 2.32. The van der Waals surface area contributed by atoms with E-state index in [2.05, 4.69) is 10.3 Å². The summed E-state index contributed by atoms with van der Waals surface area (Å²) >= 11 is 1.34. The van der Waals surface area contributed by atoms with Crippen LogP contribution in [0.4, 0.5) is 10.8 Å². The fraction of sp³-hybridized carbons (Fsp3) is 0.273. The minimum Gasteiger partial charge on any atom is -0.497 e. The van der Waals surface area contributed by atoms with Crippen molar-refractivity contribution >= 4 is 38.1 Å². The molecule has 3 aromatic rings. The van der Waals surface area contributed by atoms with Gasteiger partial charge in [0, 0.05) is 29.2 Å². The smallest absolute Gasteiger partial charge is 0.259 e. The Morgan fingerprint density at radius 3 is 2.52 bits per heavy atom. The maximum absolute atomic E-state index is 13.2. The number of hydrogen-bond donors (Lipinski definition) is 2. The van der Waals surface area contributed by atoms with Gasteiger partial charge in [0.15, 0.2) is 5.13 Å². The van der Waals surface area contributed by atoms with Gasteiger partial charge in [0.05, 0.1) is 36.5 Å².